The third kappa shape index (κ3) is 2.34. The van der Waals surface area contributed by atoms with Gasteiger partial charge in [-0.05, 0) is 24.6 Å². The first-order valence-electron chi connectivity index (χ1n) is 4.51. The molecule has 0 bridgehead atoms. The van der Waals surface area contributed by atoms with Crippen LogP contribution < -0.4 is 5.73 Å². The first-order chi connectivity index (χ1) is 7.10. The Kier molecular flexibility index (Phi) is 3.44. The molecule has 0 radical (unpaired) electrons. The van der Waals surface area contributed by atoms with E-state index in [1.165, 1.54) is 7.11 Å². The number of carbonyl (C=O) groups is 1. The van der Waals surface area contributed by atoms with Gasteiger partial charge in [-0.15, -0.1) is 0 Å². The van der Waals surface area contributed by atoms with E-state index in [0.29, 0.717) is 11.4 Å². The Bertz CT molecular complexity index is 411. The highest BCUT2D eigenvalue weighted by atomic mass is 16.5. The lowest BCUT2D eigenvalue weighted by Crippen LogP contribution is -2.14. The minimum Gasteiger partial charge on any atom is -0.465 e. The minimum absolute atomic E-state index is 0.342. The Balaban J connectivity index is 3.14. The van der Waals surface area contributed by atoms with Crippen molar-refractivity contribution >= 4 is 11.8 Å². The third-order valence-electron chi connectivity index (χ3n) is 2.17. The molecule has 1 rings (SSSR count). The van der Waals surface area contributed by atoms with Crippen LogP contribution in [0.2, 0.25) is 0 Å². The number of aryl methyl sites for hydroxylation is 1. The summed E-state index contributed by atoms with van der Waals surface area (Å²) < 4.78 is 4.64. The molecule has 0 aliphatic heterocycles. The maximum absolute atomic E-state index is 11.3. The van der Waals surface area contributed by atoms with Crippen LogP contribution in [0.5, 0.6) is 0 Å². The second-order valence-corrected chi connectivity index (χ2v) is 3.13. The highest BCUT2D eigenvalue weighted by Crippen LogP contribution is 2.12. The zero-order valence-corrected chi connectivity index (χ0v) is 9.07. The number of benzene rings is 1. The number of hydrogen-bond donors (Lipinski definition) is 1. The van der Waals surface area contributed by atoms with Crippen LogP contribution in [0.25, 0.3) is 0 Å². The molecule has 80 valence electrons. The fraction of sp³-hybridized carbons (Fsp3) is 0.273. The monoisotopic (exact) mass is 206 g/mol. The van der Waals surface area contributed by atoms with Gasteiger partial charge in [0, 0.05) is 12.6 Å². The number of methoxy groups -OCH3 is 1. The molecule has 0 heterocycles. The lowest BCUT2D eigenvalue weighted by Gasteiger charge is -2.06. The highest BCUT2D eigenvalue weighted by molar-refractivity contribution is 5.99. The van der Waals surface area contributed by atoms with E-state index in [2.05, 4.69) is 9.73 Å². The van der Waals surface area contributed by atoms with Crippen LogP contribution in [-0.4, -0.2) is 26.0 Å². The second-order valence-electron chi connectivity index (χ2n) is 3.13. The van der Waals surface area contributed by atoms with Crippen molar-refractivity contribution in [2.24, 2.45) is 10.7 Å². The number of nitrogens with zero attached hydrogens (tertiary/aromatic N) is 1. The number of carbonyl (C=O) groups excluding carboxylic acids is 1. The van der Waals surface area contributed by atoms with Crippen LogP contribution in [0.3, 0.4) is 0 Å². The number of esters is 1. The van der Waals surface area contributed by atoms with Crippen LogP contribution in [-0.2, 0) is 4.74 Å². The Hall–Kier alpha value is -1.84. The third-order valence-corrected chi connectivity index (χ3v) is 2.17. The molecular formula is C11H14N2O2. The molecule has 0 atom stereocenters. The van der Waals surface area contributed by atoms with E-state index in [0.717, 1.165) is 11.1 Å². The van der Waals surface area contributed by atoms with Crippen molar-refractivity contribution in [1.82, 2.24) is 0 Å². The Labute approximate surface area is 88.8 Å². The summed E-state index contributed by atoms with van der Waals surface area (Å²) in [5.74, 6) is 0.112. The largest absolute Gasteiger partial charge is 0.465 e. The first kappa shape index (κ1) is 11.2. The number of ether oxygens (including phenoxy) is 1. The number of hydrogen-bond acceptors (Lipinski definition) is 3. The van der Waals surface area contributed by atoms with Gasteiger partial charge in [-0.2, -0.15) is 0 Å². The van der Waals surface area contributed by atoms with Gasteiger partial charge >= 0.3 is 5.97 Å². The van der Waals surface area contributed by atoms with Crippen LogP contribution in [0.4, 0.5) is 0 Å². The molecule has 0 unspecified atom stereocenters. The molecule has 0 aromatic heterocycles. The fourth-order valence-corrected chi connectivity index (χ4v) is 1.29. The van der Waals surface area contributed by atoms with E-state index in [4.69, 9.17) is 5.73 Å². The summed E-state index contributed by atoms with van der Waals surface area (Å²) in [6.07, 6.45) is 0. The normalized spacial score (nSPS) is 11.3. The molecule has 1 aromatic carbocycles. The number of amidine groups is 1. The van der Waals surface area contributed by atoms with E-state index in [1.54, 1.807) is 19.2 Å². The molecule has 2 N–H and O–H groups in total. The molecule has 1 aromatic rings. The van der Waals surface area contributed by atoms with Crippen molar-refractivity contribution in [2.75, 3.05) is 14.2 Å². The predicted octanol–water partition coefficient (Wildman–Crippen LogP) is 1.12. The number of nitrogens with two attached hydrogens (primary N) is 1. The van der Waals surface area contributed by atoms with Gasteiger partial charge in [-0.1, -0.05) is 6.07 Å². The molecule has 0 spiro atoms. The van der Waals surface area contributed by atoms with Crippen molar-refractivity contribution in [1.29, 1.82) is 0 Å². The molecule has 0 amide bonds. The van der Waals surface area contributed by atoms with Gasteiger partial charge < -0.3 is 10.5 Å². The average Bonchev–Trinajstić information content (AvgIpc) is 2.26. The summed E-state index contributed by atoms with van der Waals surface area (Å²) in [5, 5.41) is 0. The molecule has 0 saturated heterocycles. The summed E-state index contributed by atoms with van der Waals surface area (Å²) in [4.78, 5) is 15.2. The molecule has 0 saturated carbocycles. The first-order valence-corrected chi connectivity index (χ1v) is 4.51. The van der Waals surface area contributed by atoms with Crippen molar-refractivity contribution in [3.63, 3.8) is 0 Å². The SMILES string of the molecule is CN=C(N)c1ccc(C(=O)OC)c(C)c1. The molecule has 15 heavy (non-hydrogen) atoms. The van der Waals surface area contributed by atoms with E-state index in [-0.39, 0.29) is 5.97 Å². The van der Waals surface area contributed by atoms with Crippen LogP contribution >= 0.6 is 0 Å². The molecule has 0 aliphatic carbocycles. The van der Waals surface area contributed by atoms with Gasteiger partial charge in [0.1, 0.15) is 5.84 Å². The smallest absolute Gasteiger partial charge is 0.338 e. The molecule has 0 aliphatic rings. The maximum atomic E-state index is 11.3. The van der Waals surface area contributed by atoms with E-state index in [9.17, 15) is 4.79 Å². The highest BCUT2D eigenvalue weighted by Gasteiger charge is 2.09. The second kappa shape index (κ2) is 4.59. The number of aliphatic imine (C=N–C) groups is 1. The van der Waals surface area contributed by atoms with Gasteiger partial charge in [0.05, 0.1) is 12.7 Å². The molecule has 4 heteroatoms. The van der Waals surface area contributed by atoms with Gasteiger partial charge in [0.15, 0.2) is 0 Å². The van der Waals surface area contributed by atoms with Crippen molar-refractivity contribution in [3.8, 4) is 0 Å². The maximum Gasteiger partial charge on any atom is 0.338 e. The summed E-state index contributed by atoms with van der Waals surface area (Å²) >= 11 is 0. The Morgan fingerprint density at radius 1 is 1.47 bits per heavy atom. The van der Waals surface area contributed by atoms with Crippen LogP contribution in [0.1, 0.15) is 21.5 Å². The van der Waals surface area contributed by atoms with Crippen molar-refractivity contribution < 1.29 is 9.53 Å². The predicted molar refractivity (Wildman–Crippen MR) is 59.2 cm³/mol. The Morgan fingerprint density at radius 2 is 2.13 bits per heavy atom. The van der Waals surface area contributed by atoms with E-state index < -0.39 is 0 Å². The molecule has 0 fully saturated rings. The number of rotatable bonds is 2. The van der Waals surface area contributed by atoms with Gasteiger partial charge in [-0.3, -0.25) is 4.99 Å². The zero-order chi connectivity index (χ0) is 11.4. The van der Waals surface area contributed by atoms with Gasteiger partial charge in [0.25, 0.3) is 0 Å². The zero-order valence-electron chi connectivity index (χ0n) is 9.07. The summed E-state index contributed by atoms with van der Waals surface area (Å²) in [7, 11) is 2.98. The van der Waals surface area contributed by atoms with Crippen molar-refractivity contribution in [2.45, 2.75) is 6.92 Å². The summed E-state index contributed by atoms with van der Waals surface area (Å²) in [6, 6.07) is 5.25. The van der Waals surface area contributed by atoms with E-state index >= 15 is 0 Å². The lowest BCUT2D eigenvalue weighted by atomic mass is 10.0. The quantitative estimate of drug-likeness (QED) is 0.448. The molecule has 4 nitrogen and oxygen atoms in total. The van der Waals surface area contributed by atoms with Gasteiger partial charge in [-0.25, -0.2) is 4.79 Å². The molecular weight excluding hydrogens is 192 g/mol. The van der Waals surface area contributed by atoms with Crippen LogP contribution in [0, 0.1) is 6.92 Å². The van der Waals surface area contributed by atoms with Crippen molar-refractivity contribution in [3.05, 3.63) is 34.9 Å². The standard InChI is InChI=1S/C11H14N2O2/c1-7-6-8(10(12)13-2)4-5-9(7)11(14)15-3/h4-6H,1-3H3,(H2,12,13). The van der Waals surface area contributed by atoms with Crippen LogP contribution in [0.15, 0.2) is 23.2 Å². The topological polar surface area (TPSA) is 64.7 Å². The average molecular weight is 206 g/mol. The lowest BCUT2D eigenvalue weighted by molar-refractivity contribution is 0.0600. The summed E-state index contributed by atoms with van der Waals surface area (Å²) in [6.45, 7) is 1.83. The Morgan fingerprint density at radius 3 is 2.60 bits per heavy atom. The fourth-order valence-electron chi connectivity index (χ4n) is 1.29. The van der Waals surface area contributed by atoms with Gasteiger partial charge in [0.2, 0.25) is 0 Å². The summed E-state index contributed by atoms with van der Waals surface area (Å²) in [5.41, 5.74) is 7.84. The van der Waals surface area contributed by atoms with E-state index in [1.807, 2.05) is 13.0 Å². The minimum atomic E-state index is -0.342.